The van der Waals surface area contributed by atoms with E-state index in [-0.39, 0.29) is 28.8 Å². The lowest BCUT2D eigenvalue weighted by atomic mass is 10.2. The Bertz CT molecular complexity index is 393. The van der Waals surface area contributed by atoms with Gasteiger partial charge in [0.2, 0.25) is 0 Å². The van der Waals surface area contributed by atoms with Crippen molar-refractivity contribution in [3.05, 3.63) is 29.8 Å². The van der Waals surface area contributed by atoms with Gasteiger partial charge in [0.05, 0.1) is 5.56 Å². The van der Waals surface area contributed by atoms with Gasteiger partial charge in [-0.1, -0.05) is 17.8 Å². The van der Waals surface area contributed by atoms with Crippen LogP contribution in [0.1, 0.15) is 10.4 Å². The average molecular weight is 282 g/mol. The van der Waals surface area contributed by atoms with Crippen LogP contribution in [0.15, 0.2) is 29.2 Å². The normalized spacial score (nSPS) is 11.5. The number of benzene rings is 1. The van der Waals surface area contributed by atoms with Gasteiger partial charge in [-0.2, -0.15) is 13.2 Å². The monoisotopic (exact) mass is 282 g/mol. The van der Waals surface area contributed by atoms with Crippen molar-refractivity contribution in [3.63, 3.8) is 0 Å². The molecule has 0 aliphatic heterocycles. The molecule has 0 aliphatic carbocycles. The second-order valence-electron chi connectivity index (χ2n) is 2.98. The first-order chi connectivity index (χ1) is 7.88. The highest BCUT2D eigenvalue weighted by Crippen LogP contribution is 2.31. The molecule has 0 amide bonds. The maximum atomic E-state index is 11.8. The van der Waals surface area contributed by atoms with Crippen LogP contribution in [-0.2, 0) is 0 Å². The zero-order valence-corrected chi connectivity index (χ0v) is 10.2. The Balaban J connectivity index is 2.42. The van der Waals surface area contributed by atoms with Gasteiger partial charge < -0.3 is 5.11 Å². The highest BCUT2D eigenvalue weighted by molar-refractivity contribution is 8.03. The summed E-state index contributed by atoms with van der Waals surface area (Å²) in [5, 5.41) is 8.73. The van der Waals surface area contributed by atoms with Crippen LogP contribution in [0.2, 0.25) is 0 Å². The fourth-order valence-corrected chi connectivity index (χ4v) is 2.55. The number of carboxylic acids is 1. The number of carboxylic acid groups (broad SMARTS) is 1. The fraction of sp³-hybridized carbons (Fsp3) is 0.300. The zero-order valence-electron chi connectivity index (χ0n) is 8.53. The van der Waals surface area contributed by atoms with Crippen LogP contribution in [0, 0.1) is 0 Å². The first-order valence-electron chi connectivity index (χ1n) is 4.55. The molecule has 0 bridgehead atoms. The Morgan fingerprint density at radius 3 is 2.59 bits per heavy atom. The Hall–Kier alpha value is -0.820. The van der Waals surface area contributed by atoms with Gasteiger partial charge in [0.1, 0.15) is 0 Å². The predicted octanol–water partition coefficient (Wildman–Crippen LogP) is 3.73. The van der Waals surface area contributed by atoms with Crippen molar-refractivity contribution in [3.8, 4) is 0 Å². The minimum atomic E-state index is -4.20. The smallest absolute Gasteiger partial charge is 0.441 e. The fourth-order valence-electron chi connectivity index (χ4n) is 1.04. The summed E-state index contributed by atoms with van der Waals surface area (Å²) in [4.78, 5) is 11.3. The van der Waals surface area contributed by atoms with Crippen LogP contribution in [0.25, 0.3) is 0 Å². The van der Waals surface area contributed by atoms with E-state index < -0.39 is 11.5 Å². The highest BCUT2D eigenvalue weighted by atomic mass is 32.2. The highest BCUT2D eigenvalue weighted by Gasteiger charge is 2.27. The molecule has 1 N–H and O–H groups in total. The Morgan fingerprint density at radius 1 is 1.29 bits per heavy atom. The van der Waals surface area contributed by atoms with E-state index in [0.29, 0.717) is 4.90 Å². The van der Waals surface area contributed by atoms with E-state index in [1.54, 1.807) is 12.1 Å². The predicted molar refractivity (Wildman–Crippen MR) is 62.6 cm³/mol. The molecule has 1 aromatic rings. The van der Waals surface area contributed by atoms with Crippen molar-refractivity contribution < 1.29 is 23.1 Å². The number of halogens is 3. The van der Waals surface area contributed by atoms with Gasteiger partial charge in [0.15, 0.2) is 0 Å². The molecule has 0 saturated carbocycles. The van der Waals surface area contributed by atoms with Gasteiger partial charge in [0.25, 0.3) is 0 Å². The van der Waals surface area contributed by atoms with Crippen molar-refractivity contribution in [1.82, 2.24) is 0 Å². The van der Waals surface area contributed by atoms with Crippen molar-refractivity contribution in [2.75, 3.05) is 11.5 Å². The van der Waals surface area contributed by atoms with E-state index in [4.69, 9.17) is 5.11 Å². The standard InChI is InChI=1S/C10H9F3O2S2/c11-10(12,13)17-5-4-16-8-3-1-2-7(6-8)9(14)15/h1-3,6H,4-5H2,(H,14,15). The molecule has 0 saturated heterocycles. The molecule has 0 radical (unpaired) electrons. The molecular formula is C10H9F3O2S2. The van der Waals surface area contributed by atoms with E-state index in [9.17, 15) is 18.0 Å². The molecular weight excluding hydrogens is 273 g/mol. The van der Waals surface area contributed by atoms with Crippen LogP contribution in [0.5, 0.6) is 0 Å². The molecule has 1 aromatic carbocycles. The Morgan fingerprint density at radius 2 is 2.00 bits per heavy atom. The second-order valence-corrected chi connectivity index (χ2v) is 5.30. The van der Waals surface area contributed by atoms with Crippen LogP contribution in [-0.4, -0.2) is 28.1 Å². The Kier molecular flexibility index (Phi) is 5.20. The Labute approximate surface area is 105 Å². The summed E-state index contributed by atoms with van der Waals surface area (Å²) in [5.74, 6) is -0.810. The van der Waals surface area contributed by atoms with Crippen LogP contribution < -0.4 is 0 Å². The number of aromatic carboxylic acids is 1. The molecule has 7 heteroatoms. The summed E-state index contributed by atoms with van der Waals surface area (Å²) in [6.07, 6.45) is 0. The van der Waals surface area contributed by atoms with Gasteiger partial charge in [-0.25, -0.2) is 4.79 Å². The molecule has 0 spiro atoms. The van der Waals surface area contributed by atoms with Crippen LogP contribution >= 0.6 is 23.5 Å². The second kappa shape index (κ2) is 6.20. The summed E-state index contributed by atoms with van der Waals surface area (Å²) in [6.45, 7) is 0. The quantitative estimate of drug-likeness (QED) is 0.659. The summed E-state index contributed by atoms with van der Waals surface area (Å²) >= 11 is 1.13. The number of alkyl halides is 3. The van der Waals surface area contributed by atoms with E-state index in [1.807, 2.05) is 0 Å². The summed E-state index contributed by atoms with van der Waals surface area (Å²) in [5.41, 5.74) is -4.07. The molecule has 17 heavy (non-hydrogen) atoms. The molecule has 0 atom stereocenters. The van der Waals surface area contributed by atoms with E-state index >= 15 is 0 Å². The minimum Gasteiger partial charge on any atom is -0.478 e. The van der Waals surface area contributed by atoms with Crippen molar-refractivity contribution in [1.29, 1.82) is 0 Å². The average Bonchev–Trinajstić information content (AvgIpc) is 2.23. The van der Waals surface area contributed by atoms with Gasteiger partial charge in [-0.05, 0) is 18.2 Å². The number of carbonyl (C=O) groups is 1. The maximum absolute atomic E-state index is 11.8. The van der Waals surface area contributed by atoms with E-state index in [1.165, 1.54) is 23.9 Å². The van der Waals surface area contributed by atoms with Crippen LogP contribution in [0.3, 0.4) is 0 Å². The third-order valence-corrected chi connectivity index (χ3v) is 3.69. The minimum absolute atomic E-state index is 0.0501. The first-order valence-corrected chi connectivity index (χ1v) is 6.52. The number of hydrogen-bond acceptors (Lipinski definition) is 3. The summed E-state index contributed by atoms with van der Waals surface area (Å²) < 4.78 is 35.5. The summed E-state index contributed by atoms with van der Waals surface area (Å²) in [7, 11) is 0. The molecule has 2 nitrogen and oxygen atoms in total. The number of rotatable bonds is 5. The van der Waals surface area contributed by atoms with Crippen molar-refractivity contribution in [2.24, 2.45) is 0 Å². The lowest BCUT2D eigenvalue weighted by Gasteiger charge is -2.05. The molecule has 0 aliphatic rings. The molecule has 0 fully saturated rings. The van der Waals surface area contributed by atoms with Gasteiger partial charge in [-0.3, -0.25) is 0 Å². The first kappa shape index (κ1) is 14.2. The molecule has 0 unspecified atom stereocenters. The van der Waals surface area contributed by atoms with Gasteiger partial charge >= 0.3 is 11.5 Å². The van der Waals surface area contributed by atoms with Crippen molar-refractivity contribution in [2.45, 2.75) is 10.4 Å². The van der Waals surface area contributed by atoms with Gasteiger partial charge in [0, 0.05) is 16.4 Å². The SMILES string of the molecule is O=C(O)c1cccc(SCCSC(F)(F)F)c1. The van der Waals surface area contributed by atoms with Gasteiger partial charge in [-0.15, -0.1) is 11.8 Å². The lowest BCUT2D eigenvalue weighted by Crippen LogP contribution is -2.02. The van der Waals surface area contributed by atoms with Crippen molar-refractivity contribution >= 4 is 29.5 Å². The largest absolute Gasteiger partial charge is 0.478 e. The van der Waals surface area contributed by atoms with E-state index in [0.717, 1.165) is 0 Å². The molecule has 1 rings (SSSR count). The number of hydrogen-bond donors (Lipinski definition) is 1. The third-order valence-electron chi connectivity index (χ3n) is 1.70. The van der Waals surface area contributed by atoms with E-state index in [2.05, 4.69) is 0 Å². The zero-order chi connectivity index (χ0) is 12.9. The summed E-state index contributed by atoms with van der Waals surface area (Å²) in [6, 6.07) is 6.14. The number of thioether (sulfide) groups is 2. The molecule has 0 aromatic heterocycles. The molecule has 94 valence electrons. The lowest BCUT2D eigenvalue weighted by molar-refractivity contribution is -0.0326. The maximum Gasteiger partial charge on any atom is 0.441 e. The van der Waals surface area contributed by atoms with Crippen LogP contribution in [0.4, 0.5) is 13.2 Å². The molecule has 0 heterocycles. The topological polar surface area (TPSA) is 37.3 Å². The third kappa shape index (κ3) is 5.88.